The van der Waals surface area contributed by atoms with Gasteiger partial charge >= 0.3 is 0 Å². The number of hydrogen-bond acceptors (Lipinski definition) is 3. The van der Waals surface area contributed by atoms with Crippen molar-refractivity contribution >= 4 is 11.8 Å². The number of furan rings is 1. The second-order valence-electron chi connectivity index (χ2n) is 5.17. The van der Waals surface area contributed by atoms with Gasteiger partial charge < -0.3 is 14.6 Å². The van der Waals surface area contributed by atoms with Gasteiger partial charge in [-0.15, -0.1) is 0 Å². The largest absolute Gasteiger partial charge is 0.466 e. The van der Waals surface area contributed by atoms with E-state index in [-0.39, 0.29) is 11.8 Å². The molecular formula is C16H26N2O3. The quantitative estimate of drug-likeness (QED) is 0.750. The van der Waals surface area contributed by atoms with E-state index >= 15 is 0 Å². The summed E-state index contributed by atoms with van der Waals surface area (Å²) >= 11 is 0. The summed E-state index contributed by atoms with van der Waals surface area (Å²) in [6, 6.07) is 1.75. The van der Waals surface area contributed by atoms with E-state index in [9.17, 15) is 9.59 Å². The second-order valence-corrected chi connectivity index (χ2v) is 5.17. The van der Waals surface area contributed by atoms with E-state index in [1.165, 1.54) is 0 Å². The van der Waals surface area contributed by atoms with E-state index in [1.54, 1.807) is 17.9 Å². The van der Waals surface area contributed by atoms with Gasteiger partial charge in [0.1, 0.15) is 11.5 Å². The van der Waals surface area contributed by atoms with Crippen LogP contribution in [0.25, 0.3) is 0 Å². The third-order valence-corrected chi connectivity index (χ3v) is 3.40. The summed E-state index contributed by atoms with van der Waals surface area (Å²) in [5, 5.41) is 2.86. The van der Waals surface area contributed by atoms with E-state index in [0.717, 1.165) is 18.6 Å². The lowest BCUT2D eigenvalue weighted by atomic mass is 10.2. The van der Waals surface area contributed by atoms with Gasteiger partial charge in [-0.1, -0.05) is 13.3 Å². The van der Waals surface area contributed by atoms with Gasteiger partial charge in [-0.05, 0) is 33.3 Å². The minimum atomic E-state index is -0.0757. The summed E-state index contributed by atoms with van der Waals surface area (Å²) in [7, 11) is 0. The average Bonchev–Trinajstić information content (AvgIpc) is 2.78. The van der Waals surface area contributed by atoms with E-state index in [2.05, 4.69) is 12.2 Å². The summed E-state index contributed by atoms with van der Waals surface area (Å²) < 4.78 is 5.39. The van der Waals surface area contributed by atoms with E-state index in [1.807, 2.05) is 13.8 Å². The molecule has 1 N–H and O–H groups in total. The molecule has 0 aliphatic carbocycles. The zero-order chi connectivity index (χ0) is 15.8. The lowest BCUT2D eigenvalue weighted by Crippen LogP contribution is -2.35. The van der Waals surface area contributed by atoms with E-state index in [0.29, 0.717) is 37.4 Å². The van der Waals surface area contributed by atoms with Gasteiger partial charge in [-0.25, -0.2) is 0 Å². The number of nitrogens with zero attached hydrogens (tertiary/aromatic N) is 1. The monoisotopic (exact) mass is 294 g/mol. The zero-order valence-corrected chi connectivity index (χ0v) is 13.5. The van der Waals surface area contributed by atoms with Crippen LogP contribution in [0.4, 0.5) is 0 Å². The summed E-state index contributed by atoms with van der Waals surface area (Å²) in [5.74, 6) is 1.27. The van der Waals surface area contributed by atoms with Crippen molar-refractivity contribution in [2.45, 2.75) is 47.0 Å². The molecule has 0 aliphatic rings. The standard InChI is InChI=1S/C16H26N2O3/c1-5-7-9-17-15(19)8-10-18(6-2)16(20)14-11-12(3)21-13(14)4/h11H,5-10H2,1-4H3,(H,17,19). The van der Waals surface area contributed by atoms with Gasteiger partial charge in [0.2, 0.25) is 5.91 Å². The highest BCUT2D eigenvalue weighted by Gasteiger charge is 2.19. The van der Waals surface area contributed by atoms with Crippen LogP contribution in [0.3, 0.4) is 0 Å². The Morgan fingerprint density at radius 1 is 1.29 bits per heavy atom. The first-order valence-corrected chi connectivity index (χ1v) is 7.62. The lowest BCUT2D eigenvalue weighted by Gasteiger charge is -2.20. The Morgan fingerprint density at radius 3 is 2.52 bits per heavy atom. The molecule has 0 unspecified atom stereocenters. The van der Waals surface area contributed by atoms with Crippen LogP contribution in [0.5, 0.6) is 0 Å². The van der Waals surface area contributed by atoms with Crippen molar-refractivity contribution in [1.29, 1.82) is 0 Å². The van der Waals surface area contributed by atoms with E-state index < -0.39 is 0 Å². The fourth-order valence-electron chi connectivity index (χ4n) is 2.15. The Hall–Kier alpha value is -1.78. The van der Waals surface area contributed by atoms with Crippen LogP contribution in [0.2, 0.25) is 0 Å². The number of carbonyl (C=O) groups excluding carboxylic acids is 2. The molecule has 1 rings (SSSR count). The topological polar surface area (TPSA) is 62.6 Å². The molecule has 1 aromatic rings. The predicted molar refractivity (Wildman–Crippen MR) is 82.3 cm³/mol. The minimum Gasteiger partial charge on any atom is -0.466 e. The van der Waals surface area contributed by atoms with Gasteiger partial charge in [0, 0.05) is 26.1 Å². The van der Waals surface area contributed by atoms with Gasteiger partial charge in [-0.3, -0.25) is 9.59 Å². The molecule has 0 saturated heterocycles. The Labute approximate surface area is 126 Å². The van der Waals surface area contributed by atoms with Crippen molar-refractivity contribution in [1.82, 2.24) is 10.2 Å². The number of amides is 2. The van der Waals surface area contributed by atoms with Gasteiger partial charge in [0.25, 0.3) is 5.91 Å². The molecule has 1 aromatic heterocycles. The first-order chi connectivity index (χ1) is 9.99. The minimum absolute atomic E-state index is 0.00482. The van der Waals surface area contributed by atoms with Crippen LogP contribution in [0, 0.1) is 13.8 Å². The number of aryl methyl sites for hydroxylation is 2. The first-order valence-electron chi connectivity index (χ1n) is 7.62. The molecule has 2 amide bonds. The molecule has 5 heteroatoms. The van der Waals surface area contributed by atoms with Crippen LogP contribution in [-0.2, 0) is 4.79 Å². The van der Waals surface area contributed by atoms with Crippen molar-refractivity contribution in [2.75, 3.05) is 19.6 Å². The normalized spacial score (nSPS) is 10.5. The van der Waals surface area contributed by atoms with Crippen LogP contribution in [-0.4, -0.2) is 36.3 Å². The summed E-state index contributed by atoms with van der Waals surface area (Å²) in [6.07, 6.45) is 2.37. The molecule has 0 aliphatic heterocycles. The molecule has 0 fully saturated rings. The van der Waals surface area contributed by atoms with Gasteiger partial charge in [0.15, 0.2) is 0 Å². The smallest absolute Gasteiger partial charge is 0.257 e. The Morgan fingerprint density at radius 2 is 2.00 bits per heavy atom. The predicted octanol–water partition coefficient (Wildman–Crippen LogP) is 2.66. The highest BCUT2D eigenvalue weighted by Crippen LogP contribution is 2.16. The average molecular weight is 294 g/mol. The van der Waals surface area contributed by atoms with Crippen LogP contribution < -0.4 is 5.32 Å². The Kier molecular flexibility index (Phi) is 6.99. The van der Waals surface area contributed by atoms with Crippen molar-refractivity contribution in [2.24, 2.45) is 0 Å². The van der Waals surface area contributed by atoms with Crippen LogP contribution >= 0.6 is 0 Å². The molecule has 0 saturated carbocycles. The Balaban J connectivity index is 2.53. The molecule has 0 aromatic carbocycles. The maximum absolute atomic E-state index is 12.4. The number of unbranched alkanes of at least 4 members (excludes halogenated alkanes) is 1. The fraction of sp³-hybridized carbons (Fsp3) is 0.625. The third-order valence-electron chi connectivity index (χ3n) is 3.40. The highest BCUT2D eigenvalue weighted by atomic mass is 16.3. The Bertz CT molecular complexity index is 480. The number of hydrogen-bond donors (Lipinski definition) is 1. The van der Waals surface area contributed by atoms with Crippen molar-refractivity contribution in [3.05, 3.63) is 23.2 Å². The van der Waals surface area contributed by atoms with Crippen molar-refractivity contribution in [3.8, 4) is 0 Å². The zero-order valence-electron chi connectivity index (χ0n) is 13.5. The second kappa shape index (κ2) is 8.49. The van der Waals surface area contributed by atoms with Crippen molar-refractivity contribution < 1.29 is 14.0 Å². The summed E-state index contributed by atoms with van der Waals surface area (Å²) in [4.78, 5) is 25.8. The molecule has 0 spiro atoms. The maximum Gasteiger partial charge on any atom is 0.257 e. The third kappa shape index (κ3) is 5.25. The van der Waals surface area contributed by atoms with Crippen LogP contribution in [0.1, 0.15) is 55.0 Å². The molecule has 5 nitrogen and oxygen atoms in total. The van der Waals surface area contributed by atoms with Crippen LogP contribution in [0.15, 0.2) is 10.5 Å². The molecular weight excluding hydrogens is 268 g/mol. The molecule has 0 radical (unpaired) electrons. The maximum atomic E-state index is 12.4. The molecule has 1 heterocycles. The molecule has 118 valence electrons. The first kappa shape index (κ1) is 17.3. The molecule has 21 heavy (non-hydrogen) atoms. The van der Waals surface area contributed by atoms with Gasteiger partial charge in [-0.2, -0.15) is 0 Å². The fourth-order valence-corrected chi connectivity index (χ4v) is 2.15. The van der Waals surface area contributed by atoms with Crippen molar-refractivity contribution in [3.63, 3.8) is 0 Å². The number of nitrogens with one attached hydrogen (secondary N) is 1. The number of carbonyl (C=O) groups is 2. The van der Waals surface area contributed by atoms with E-state index in [4.69, 9.17) is 4.42 Å². The number of rotatable bonds is 8. The van der Waals surface area contributed by atoms with Gasteiger partial charge in [0.05, 0.1) is 5.56 Å². The summed E-state index contributed by atoms with van der Waals surface area (Å²) in [5.41, 5.74) is 0.584. The SMILES string of the molecule is CCCCNC(=O)CCN(CC)C(=O)c1cc(C)oc1C. The molecule has 0 atom stereocenters. The lowest BCUT2D eigenvalue weighted by molar-refractivity contribution is -0.121. The molecule has 0 bridgehead atoms. The highest BCUT2D eigenvalue weighted by molar-refractivity contribution is 5.95. The summed E-state index contributed by atoms with van der Waals surface area (Å²) in [6.45, 7) is 9.30.